The second-order valence-corrected chi connectivity index (χ2v) is 6.41. The van der Waals surface area contributed by atoms with E-state index < -0.39 is 0 Å². The largest absolute Gasteiger partial charge is 0.491 e. The fourth-order valence-corrected chi connectivity index (χ4v) is 2.94. The SMILES string of the molecule is CCCNC1CCOC(C)(c2ccc(OC(C)C)cc2)C1. The molecule has 21 heavy (non-hydrogen) atoms. The van der Waals surface area contributed by atoms with Crippen LogP contribution in [0, 0.1) is 0 Å². The Morgan fingerprint density at radius 1 is 1.33 bits per heavy atom. The molecule has 0 radical (unpaired) electrons. The summed E-state index contributed by atoms with van der Waals surface area (Å²) >= 11 is 0. The lowest BCUT2D eigenvalue weighted by molar-refractivity contribution is -0.0812. The highest BCUT2D eigenvalue weighted by Crippen LogP contribution is 2.35. The predicted octanol–water partition coefficient (Wildman–Crippen LogP) is 3.87. The first-order valence-electron chi connectivity index (χ1n) is 8.18. The molecule has 0 spiro atoms. The van der Waals surface area contributed by atoms with E-state index in [0.717, 1.165) is 31.7 Å². The van der Waals surface area contributed by atoms with Crippen LogP contribution in [-0.2, 0) is 10.3 Å². The average molecular weight is 291 g/mol. The Bertz CT molecular complexity index is 429. The van der Waals surface area contributed by atoms with Crippen molar-refractivity contribution in [2.75, 3.05) is 13.2 Å². The van der Waals surface area contributed by atoms with Crippen LogP contribution >= 0.6 is 0 Å². The smallest absolute Gasteiger partial charge is 0.119 e. The molecule has 1 aromatic rings. The molecule has 0 amide bonds. The molecule has 1 heterocycles. The van der Waals surface area contributed by atoms with Crippen LogP contribution in [0.1, 0.15) is 52.5 Å². The summed E-state index contributed by atoms with van der Waals surface area (Å²) in [7, 11) is 0. The van der Waals surface area contributed by atoms with E-state index in [9.17, 15) is 0 Å². The van der Waals surface area contributed by atoms with Gasteiger partial charge in [-0.1, -0.05) is 19.1 Å². The number of ether oxygens (including phenoxy) is 2. The topological polar surface area (TPSA) is 30.5 Å². The van der Waals surface area contributed by atoms with E-state index in [0.29, 0.717) is 6.04 Å². The van der Waals surface area contributed by atoms with Crippen molar-refractivity contribution >= 4 is 0 Å². The van der Waals surface area contributed by atoms with Gasteiger partial charge in [0, 0.05) is 12.6 Å². The van der Waals surface area contributed by atoms with Gasteiger partial charge in [-0.3, -0.25) is 0 Å². The molecule has 1 aliphatic heterocycles. The standard InChI is InChI=1S/C18H29NO2/c1-5-11-19-16-10-12-20-18(4,13-16)15-6-8-17(9-7-15)21-14(2)3/h6-9,14,16,19H,5,10-13H2,1-4H3. The highest BCUT2D eigenvalue weighted by Gasteiger charge is 2.34. The maximum absolute atomic E-state index is 6.10. The molecule has 1 N–H and O–H groups in total. The van der Waals surface area contributed by atoms with E-state index in [-0.39, 0.29) is 11.7 Å². The third-order valence-electron chi connectivity index (χ3n) is 4.04. The second-order valence-electron chi connectivity index (χ2n) is 6.41. The summed E-state index contributed by atoms with van der Waals surface area (Å²) in [6, 6.07) is 8.93. The first-order chi connectivity index (χ1) is 10.0. The summed E-state index contributed by atoms with van der Waals surface area (Å²) in [6.45, 7) is 10.4. The zero-order valence-corrected chi connectivity index (χ0v) is 13.8. The lowest BCUT2D eigenvalue weighted by atomic mass is 9.85. The van der Waals surface area contributed by atoms with Crippen molar-refractivity contribution in [1.29, 1.82) is 0 Å². The van der Waals surface area contributed by atoms with Gasteiger partial charge in [-0.2, -0.15) is 0 Å². The van der Waals surface area contributed by atoms with Crippen molar-refractivity contribution in [2.45, 2.75) is 64.7 Å². The van der Waals surface area contributed by atoms with Crippen molar-refractivity contribution in [2.24, 2.45) is 0 Å². The van der Waals surface area contributed by atoms with Gasteiger partial charge in [0.2, 0.25) is 0 Å². The van der Waals surface area contributed by atoms with Gasteiger partial charge in [-0.15, -0.1) is 0 Å². The maximum Gasteiger partial charge on any atom is 0.119 e. The minimum Gasteiger partial charge on any atom is -0.491 e. The summed E-state index contributed by atoms with van der Waals surface area (Å²) in [6.07, 6.45) is 3.51. The molecule has 3 heteroatoms. The molecule has 0 saturated carbocycles. The Morgan fingerprint density at radius 3 is 2.67 bits per heavy atom. The maximum atomic E-state index is 6.10. The number of hydrogen-bond acceptors (Lipinski definition) is 3. The summed E-state index contributed by atoms with van der Waals surface area (Å²) in [4.78, 5) is 0. The normalized spacial score (nSPS) is 26.0. The van der Waals surface area contributed by atoms with Gasteiger partial charge in [0.15, 0.2) is 0 Å². The molecule has 1 fully saturated rings. The highest BCUT2D eigenvalue weighted by atomic mass is 16.5. The van der Waals surface area contributed by atoms with E-state index in [1.54, 1.807) is 0 Å². The van der Waals surface area contributed by atoms with Crippen molar-refractivity contribution in [3.05, 3.63) is 29.8 Å². The Balaban J connectivity index is 2.04. The van der Waals surface area contributed by atoms with Crippen LogP contribution in [0.4, 0.5) is 0 Å². The van der Waals surface area contributed by atoms with Crippen LogP contribution in [0.2, 0.25) is 0 Å². The zero-order valence-electron chi connectivity index (χ0n) is 13.8. The molecule has 2 rings (SSSR count). The van der Waals surface area contributed by atoms with Gasteiger partial charge < -0.3 is 14.8 Å². The average Bonchev–Trinajstić information content (AvgIpc) is 2.45. The Morgan fingerprint density at radius 2 is 2.05 bits per heavy atom. The molecule has 118 valence electrons. The molecular weight excluding hydrogens is 262 g/mol. The Hall–Kier alpha value is -1.06. The molecule has 0 bridgehead atoms. The number of nitrogens with one attached hydrogen (secondary N) is 1. The van der Waals surface area contributed by atoms with Crippen molar-refractivity contribution in [1.82, 2.24) is 5.32 Å². The number of benzene rings is 1. The lowest BCUT2D eigenvalue weighted by Crippen LogP contribution is -2.44. The third kappa shape index (κ3) is 4.45. The van der Waals surface area contributed by atoms with Crippen LogP contribution in [0.25, 0.3) is 0 Å². The van der Waals surface area contributed by atoms with Gasteiger partial charge in [-0.25, -0.2) is 0 Å². The van der Waals surface area contributed by atoms with Crippen molar-refractivity contribution in [3.63, 3.8) is 0 Å². The van der Waals surface area contributed by atoms with Gasteiger partial charge >= 0.3 is 0 Å². The van der Waals surface area contributed by atoms with E-state index in [1.807, 2.05) is 26.0 Å². The molecule has 1 aromatic carbocycles. The van der Waals surface area contributed by atoms with Gasteiger partial charge in [0.25, 0.3) is 0 Å². The Kier molecular flexibility index (Phi) is 5.65. The van der Waals surface area contributed by atoms with E-state index in [2.05, 4.69) is 31.3 Å². The van der Waals surface area contributed by atoms with Crippen LogP contribution < -0.4 is 10.1 Å². The summed E-state index contributed by atoms with van der Waals surface area (Å²) in [5.74, 6) is 0.925. The minimum atomic E-state index is -0.194. The highest BCUT2D eigenvalue weighted by molar-refractivity contribution is 5.31. The summed E-state index contributed by atoms with van der Waals surface area (Å²) in [5, 5.41) is 3.63. The lowest BCUT2D eigenvalue weighted by Gasteiger charge is -2.39. The van der Waals surface area contributed by atoms with Crippen LogP contribution in [0.5, 0.6) is 5.75 Å². The van der Waals surface area contributed by atoms with Gasteiger partial charge in [0.05, 0.1) is 11.7 Å². The van der Waals surface area contributed by atoms with E-state index in [4.69, 9.17) is 9.47 Å². The fraction of sp³-hybridized carbons (Fsp3) is 0.667. The second kappa shape index (κ2) is 7.28. The predicted molar refractivity (Wildman–Crippen MR) is 86.8 cm³/mol. The zero-order chi connectivity index (χ0) is 15.3. The molecule has 2 atom stereocenters. The van der Waals surface area contributed by atoms with Crippen LogP contribution in [-0.4, -0.2) is 25.3 Å². The number of rotatable bonds is 6. The van der Waals surface area contributed by atoms with Gasteiger partial charge in [-0.05, 0) is 64.3 Å². The molecule has 0 aromatic heterocycles. The molecule has 1 aliphatic rings. The minimum absolute atomic E-state index is 0.194. The van der Waals surface area contributed by atoms with Crippen LogP contribution in [0.15, 0.2) is 24.3 Å². The quantitative estimate of drug-likeness (QED) is 0.863. The monoisotopic (exact) mass is 291 g/mol. The van der Waals surface area contributed by atoms with E-state index in [1.165, 1.54) is 12.0 Å². The van der Waals surface area contributed by atoms with Gasteiger partial charge in [0.1, 0.15) is 5.75 Å². The molecular formula is C18H29NO2. The molecule has 3 nitrogen and oxygen atoms in total. The summed E-state index contributed by atoms with van der Waals surface area (Å²) in [5.41, 5.74) is 1.04. The summed E-state index contributed by atoms with van der Waals surface area (Å²) < 4.78 is 11.8. The molecule has 1 saturated heterocycles. The third-order valence-corrected chi connectivity index (χ3v) is 4.04. The fourth-order valence-electron chi connectivity index (χ4n) is 2.94. The van der Waals surface area contributed by atoms with Crippen LogP contribution in [0.3, 0.4) is 0 Å². The number of hydrogen-bond donors (Lipinski definition) is 1. The Labute approximate surface area is 129 Å². The van der Waals surface area contributed by atoms with E-state index >= 15 is 0 Å². The first kappa shape index (κ1) is 16.3. The molecule has 2 unspecified atom stereocenters. The molecule has 0 aliphatic carbocycles. The van der Waals surface area contributed by atoms with Crippen molar-refractivity contribution < 1.29 is 9.47 Å². The van der Waals surface area contributed by atoms with Crippen molar-refractivity contribution in [3.8, 4) is 5.75 Å². The first-order valence-corrected chi connectivity index (χ1v) is 8.18.